The fourth-order valence-corrected chi connectivity index (χ4v) is 5.05. The second-order valence-electron chi connectivity index (χ2n) is 6.85. The first-order valence-electron chi connectivity index (χ1n) is 8.60. The molecule has 2 atom stereocenters. The summed E-state index contributed by atoms with van der Waals surface area (Å²) in [6, 6.07) is 8.82. The predicted octanol–water partition coefficient (Wildman–Crippen LogP) is 3.96. The SMILES string of the molecule is CC#Cc1cncc(-c2ccc3c(c2)C2(C)N=C(N)SCC2CC3)c1. The largest absolute Gasteiger partial charge is 0.379 e. The van der Waals surface area contributed by atoms with Gasteiger partial charge in [-0.15, -0.1) is 5.92 Å². The van der Waals surface area contributed by atoms with Crippen LogP contribution in [0.25, 0.3) is 11.1 Å². The first-order valence-corrected chi connectivity index (χ1v) is 9.58. The van der Waals surface area contributed by atoms with Crippen molar-refractivity contribution in [1.82, 2.24) is 4.98 Å². The molecule has 0 radical (unpaired) electrons. The Hall–Kier alpha value is -2.25. The van der Waals surface area contributed by atoms with E-state index in [1.54, 1.807) is 18.0 Å². The first kappa shape index (κ1) is 16.2. The van der Waals surface area contributed by atoms with Gasteiger partial charge in [-0.05, 0) is 61.4 Å². The highest BCUT2D eigenvalue weighted by Crippen LogP contribution is 2.47. The molecule has 25 heavy (non-hydrogen) atoms. The molecular formula is C21H21N3S. The molecule has 0 spiro atoms. The maximum absolute atomic E-state index is 6.07. The molecule has 2 aliphatic rings. The molecule has 2 aromatic rings. The van der Waals surface area contributed by atoms with E-state index in [1.165, 1.54) is 23.1 Å². The lowest BCUT2D eigenvalue weighted by Crippen LogP contribution is -2.41. The Kier molecular flexibility index (Phi) is 4.05. The summed E-state index contributed by atoms with van der Waals surface area (Å²) in [5.41, 5.74) is 11.8. The van der Waals surface area contributed by atoms with Gasteiger partial charge in [-0.3, -0.25) is 9.98 Å². The average molecular weight is 347 g/mol. The molecule has 0 amide bonds. The number of nitrogens with zero attached hydrogens (tertiary/aromatic N) is 2. The molecule has 1 aromatic heterocycles. The van der Waals surface area contributed by atoms with Gasteiger partial charge < -0.3 is 5.73 Å². The number of pyridine rings is 1. The minimum absolute atomic E-state index is 0.215. The Bertz CT molecular complexity index is 922. The van der Waals surface area contributed by atoms with Crippen LogP contribution in [0.15, 0.2) is 41.7 Å². The van der Waals surface area contributed by atoms with Crippen molar-refractivity contribution in [3.63, 3.8) is 0 Å². The maximum atomic E-state index is 6.07. The van der Waals surface area contributed by atoms with Crippen LogP contribution < -0.4 is 5.73 Å². The fourth-order valence-electron chi connectivity index (χ4n) is 3.93. The van der Waals surface area contributed by atoms with Crippen molar-refractivity contribution in [2.45, 2.75) is 32.2 Å². The number of hydrogen-bond donors (Lipinski definition) is 1. The lowest BCUT2D eigenvalue weighted by atomic mass is 9.70. The number of nitrogens with two attached hydrogens (primary N) is 1. The van der Waals surface area contributed by atoms with Crippen LogP contribution >= 0.6 is 11.8 Å². The van der Waals surface area contributed by atoms with E-state index in [0.29, 0.717) is 11.1 Å². The summed E-state index contributed by atoms with van der Waals surface area (Å²) in [6.07, 6.45) is 6.00. The molecule has 4 rings (SSSR count). The van der Waals surface area contributed by atoms with Crippen molar-refractivity contribution in [3.8, 4) is 23.0 Å². The Balaban J connectivity index is 1.83. The quantitative estimate of drug-likeness (QED) is 0.795. The highest BCUT2D eigenvalue weighted by Gasteiger charge is 2.42. The van der Waals surface area contributed by atoms with Crippen molar-refractivity contribution >= 4 is 16.9 Å². The van der Waals surface area contributed by atoms with Gasteiger partial charge in [-0.25, -0.2) is 0 Å². The average Bonchev–Trinajstić information content (AvgIpc) is 2.61. The van der Waals surface area contributed by atoms with Crippen LogP contribution in [0.1, 0.15) is 37.0 Å². The van der Waals surface area contributed by atoms with Gasteiger partial charge in [0.15, 0.2) is 5.17 Å². The Morgan fingerprint density at radius 3 is 2.96 bits per heavy atom. The lowest BCUT2D eigenvalue weighted by Gasteiger charge is -2.42. The van der Waals surface area contributed by atoms with E-state index < -0.39 is 0 Å². The molecular weight excluding hydrogens is 326 g/mol. The summed E-state index contributed by atoms with van der Waals surface area (Å²) in [6.45, 7) is 4.08. The zero-order valence-electron chi connectivity index (χ0n) is 14.5. The molecule has 0 saturated carbocycles. The molecule has 0 bridgehead atoms. The van der Waals surface area contributed by atoms with Gasteiger partial charge in [0, 0.05) is 29.3 Å². The van der Waals surface area contributed by atoms with Crippen LogP contribution in [0.2, 0.25) is 0 Å². The summed E-state index contributed by atoms with van der Waals surface area (Å²) in [5, 5.41) is 0.707. The highest BCUT2D eigenvalue weighted by atomic mass is 32.2. The molecule has 2 heterocycles. The standard InChI is InChI=1S/C21H21N3S/c1-3-4-14-9-17(12-23-11-14)16-6-5-15-7-8-18-13-25-20(22)24-21(18,2)19(15)10-16/h5-6,9-12,18H,7-8,13H2,1-2H3,(H2,22,24). The monoisotopic (exact) mass is 347 g/mol. The van der Waals surface area contributed by atoms with Crippen LogP contribution in [-0.2, 0) is 12.0 Å². The van der Waals surface area contributed by atoms with E-state index in [2.05, 4.69) is 48.0 Å². The lowest BCUT2D eigenvalue weighted by molar-refractivity contribution is 0.292. The summed E-state index contributed by atoms with van der Waals surface area (Å²) < 4.78 is 0. The number of thioether (sulfide) groups is 1. The third kappa shape index (κ3) is 2.83. The Morgan fingerprint density at radius 1 is 1.24 bits per heavy atom. The van der Waals surface area contributed by atoms with Gasteiger partial charge in [-0.2, -0.15) is 0 Å². The second-order valence-corrected chi connectivity index (χ2v) is 7.89. The Labute approximate surface area is 153 Å². The van der Waals surface area contributed by atoms with E-state index in [9.17, 15) is 0 Å². The molecule has 1 aliphatic heterocycles. The van der Waals surface area contributed by atoms with Crippen molar-refractivity contribution in [2.24, 2.45) is 16.6 Å². The molecule has 2 N–H and O–H groups in total. The fraction of sp³-hybridized carbons (Fsp3) is 0.333. The molecule has 0 saturated heterocycles. The van der Waals surface area contributed by atoms with Crippen molar-refractivity contribution < 1.29 is 0 Å². The van der Waals surface area contributed by atoms with Crippen LogP contribution in [0, 0.1) is 17.8 Å². The topological polar surface area (TPSA) is 51.3 Å². The summed E-state index contributed by atoms with van der Waals surface area (Å²) in [5.74, 6) is 7.62. The zero-order valence-corrected chi connectivity index (χ0v) is 15.4. The van der Waals surface area contributed by atoms with Gasteiger partial charge in [0.2, 0.25) is 0 Å². The molecule has 1 aromatic carbocycles. The third-order valence-electron chi connectivity index (χ3n) is 5.33. The number of aliphatic imine (C=N–C) groups is 1. The van der Waals surface area contributed by atoms with Gasteiger partial charge >= 0.3 is 0 Å². The van der Waals surface area contributed by atoms with E-state index in [1.807, 2.05) is 13.1 Å². The Morgan fingerprint density at radius 2 is 2.12 bits per heavy atom. The van der Waals surface area contributed by atoms with Gasteiger partial charge in [0.05, 0.1) is 5.54 Å². The first-order chi connectivity index (χ1) is 12.1. The van der Waals surface area contributed by atoms with Crippen molar-refractivity contribution in [1.29, 1.82) is 0 Å². The van der Waals surface area contributed by atoms with Gasteiger partial charge in [0.1, 0.15) is 0 Å². The van der Waals surface area contributed by atoms with E-state index in [-0.39, 0.29) is 5.54 Å². The van der Waals surface area contributed by atoms with Gasteiger partial charge in [0.25, 0.3) is 0 Å². The molecule has 126 valence electrons. The molecule has 4 heteroatoms. The van der Waals surface area contributed by atoms with Crippen LogP contribution in [-0.4, -0.2) is 15.9 Å². The van der Waals surface area contributed by atoms with Crippen LogP contribution in [0.4, 0.5) is 0 Å². The number of aryl methyl sites for hydroxylation is 1. The smallest absolute Gasteiger partial charge is 0.154 e. The van der Waals surface area contributed by atoms with E-state index >= 15 is 0 Å². The van der Waals surface area contributed by atoms with Crippen molar-refractivity contribution in [2.75, 3.05) is 5.75 Å². The van der Waals surface area contributed by atoms with E-state index in [0.717, 1.165) is 23.3 Å². The molecule has 3 nitrogen and oxygen atoms in total. The van der Waals surface area contributed by atoms with Gasteiger partial charge in [-0.1, -0.05) is 29.8 Å². The number of hydrogen-bond acceptors (Lipinski definition) is 4. The minimum atomic E-state index is -0.215. The maximum Gasteiger partial charge on any atom is 0.154 e. The summed E-state index contributed by atoms with van der Waals surface area (Å²) in [7, 11) is 0. The second kappa shape index (κ2) is 6.24. The summed E-state index contributed by atoms with van der Waals surface area (Å²) in [4.78, 5) is 9.23. The van der Waals surface area contributed by atoms with Crippen LogP contribution in [0.5, 0.6) is 0 Å². The molecule has 0 fully saturated rings. The number of benzene rings is 1. The minimum Gasteiger partial charge on any atom is -0.379 e. The molecule has 1 aliphatic carbocycles. The number of amidine groups is 1. The number of rotatable bonds is 1. The van der Waals surface area contributed by atoms with E-state index in [4.69, 9.17) is 10.7 Å². The number of aromatic nitrogens is 1. The predicted molar refractivity (Wildman–Crippen MR) is 105 cm³/mol. The molecule has 2 unspecified atom stereocenters. The highest BCUT2D eigenvalue weighted by molar-refractivity contribution is 8.13. The number of fused-ring (bicyclic) bond motifs is 3. The summed E-state index contributed by atoms with van der Waals surface area (Å²) >= 11 is 1.69. The third-order valence-corrected chi connectivity index (χ3v) is 6.28. The normalized spacial score (nSPS) is 24.4. The van der Waals surface area contributed by atoms with Crippen LogP contribution in [0.3, 0.4) is 0 Å². The zero-order chi connectivity index (χ0) is 17.4. The van der Waals surface area contributed by atoms with Crippen molar-refractivity contribution in [3.05, 3.63) is 53.3 Å².